The normalized spacial score (nSPS) is 29.5. The lowest BCUT2D eigenvalue weighted by Gasteiger charge is -2.43. The summed E-state index contributed by atoms with van der Waals surface area (Å²) in [7, 11) is 0. The first-order valence-corrected chi connectivity index (χ1v) is 9.84. The molecule has 1 saturated heterocycles. The standard InChI is InChI=1S/C18H29ClO9/c1-5-9(3)16(22)27-13-11(8-20)25-18(24)15(26-12(21)7-19)14(13)28-17(23)10(4)6-2/h9-11,13-15,18,20,24H,5-8H2,1-4H3/t9-,10-,11+,13+,14-,15+,18?/m0/s1. The largest absolute Gasteiger partial charge is 0.455 e. The highest BCUT2D eigenvalue weighted by atomic mass is 35.5. The summed E-state index contributed by atoms with van der Waals surface area (Å²) < 4.78 is 21.2. The molecular formula is C18H29ClO9. The summed E-state index contributed by atoms with van der Waals surface area (Å²) >= 11 is 5.45. The van der Waals surface area contributed by atoms with Crippen molar-refractivity contribution in [2.24, 2.45) is 11.8 Å². The minimum absolute atomic E-state index is 0.457. The van der Waals surface area contributed by atoms with E-state index in [2.05, 4.69) is 0 Å². The van der Waals surface area contributed by atoms with Crippen LogP contribution in [0, 0.1) is 11.8 Å². The van der Waals surface area contributed by atoms with Crippen LogP contribution < -0.4 is 0 Å². The van der Waals surface area contributed by atoms with E-state index in [1.165, 1.54) is 0 Å². The highest BCUT2D eigenvalue weighted by Gasteiger charge is 2.52. The van der Waals surface area contributed by atoms with Crippen LogP contribution in [0.3, 0.4) is 0 Å². The first-order valence-electron chi connectivity index (χ1n) is 9.30. The monoisotopic (exact) mass is 424 g/mol. The molecule has 28 heavy (non-hydrogen) atoms. The zero-order valence-corrected chi connectivity index (χ0v) is 17.3. The number of carbonyl (C=O) groups excluding carboxylic acids is 3. The zero-order valence-electron chi connectivity index (χ0n) is 16.5. The second kappa shape index (κ2) is 11.5. The predicted octanol–water partition coefficient (Wildman–Crippen LogP) is 0.762. The van der Waals surface area contributed by atoms with E-state index >= 15 is 0 Å². The summed E-state index contributed by atoms with van der Waals surface area (Å²) in [6.07, 6.45) is -6.03. The van der Waals surface area contributed by atoms with Crippen molar-refractivity contribution in [3.8, 4) is 0 Å². The molecule has 10 heteroatoms. The number of rotatable bonds is 9. The second-order valence-corrected chi connectivity index (χ2v) is 7.02. The Kier molecular flexibility index (Phi) is 10.2. The van der Waals surface area contributed by atoms with Gasteiger partial charge in [-0.3, -0.25) is 14.4 Å². The van der Waals surface area contributed by atoms with Gasteiger partial charge < -0.3 is 29.2 Å². The molecule has 1 fully saturated rings. The molecule has 1 aliphatic rings. The average molecular weight is 425 g/mol. The van der Waals surface area contributed by atoms with Crippen LogP contribution in [0.4, 0.5) is 0 Å². The van der Waals surface area contributed by atoms with E-state index in [0.717, 1.165) is 0 Å². The molecule has 0 aromatic heterocycles. The van der Waals surface area contributed by atoms with Crippen LogP contribution in [0.25, 0.3) is 0 Å². The SMILES string of the molecule is CC[C@H](C)C(=O)O[C@H]1[C@H](OC(=O)[C@@H](C)CC)[C@@H](OC(=O)CCl)C(O)O[C@@H]1CO. The van der Waals surface area contributed by atoms with E-state index in [1.54, 1.807) is 27.7 Å². The molecule has 1 rings (SSSR count). The summed E-state index contributed by atoms with van der Waals surface area (Å²) in [5.74, 6) is -3.55. The number of alkyl halides is 1. The van der Waals surface area contributed by atoms with Gasteiger partial charge in [0, 0.05) is 0 Å². The van der Waals surface area contributed by atoms with E-state index in [9.17, 15) is 24.6 Å². The maximum Gasteiger partial charge on any atom is 0.321 e. The Labute approximate surface area is 169 Å². The van der Waals surface area contributed by atoms with Crippen LogP contribution in [0.1, 0.15) is 40.5 Å². The molecule has 2 N–H and O–H groups in total. The molecule has 0 amide bonds. The lowest BCUT2D eigenvalue weighted by atomic mass is 9.97. The van der Waals surface area contributed by atoms with Crippen LogP contribution in [0.5, 0.6) is 0 Å². The Hall–Kier alpha value is -1.42. The molecule has 0 aromatic rings. The quantitative estimate of drug-likeness (QED) is 0.313. The topological polar surface area (TPSA) is 129 Å². The number of hydrogen-bond donors (Lipinski definition) is 2. The number of hydrogen-bond acceptors (Lipinski definition) is 9. The molecule has 7 atom stereocenters. The Bertz CT molecular complexity index is 541. The number of esters is 3. The highest BCUT2D eigenvalue weighted by molar-refractivity contribution is 6.26. The third-order valence-corrected chi connectivity index (χ3v) is 4.92. The highest BCUT2D eigenvalue weighted by Crippen LogP contribution is 2.29. The van der Waals surface area contributed by atoms with Gasteiger partial charge in [-0.05, 0) is 12.8 Å². The summed E-state index contributed by atoms with van der Waals surface area (Å²) in [6, 6.07) is 0. The molecule has 9 nitrogen and oxygen atoms in total. The molecule has 0 bridgehead atoms. The number of carbonyl (C=O) groups is 3. The second-order valence-electron chi connectivity index (χ2n) is 6.76. The summed E-state index contributed by atoms with van der Waals surface area (Å²) in [4.78, 5) is 36.3. The molecule has 0 spiro atoms. The zero-order chi connectivity index (χ0) is 21.4. The first kappa shape index (κ1) is 24.6. The van der Waals surface area contributed by atoms with Gasteiger partial charge in [0.05, 0.1) is 18.4 Å². The lowest BCUT2D eigenvalue weighted by Crippen LogP contribution is -2.62. The third-order valence-electron chi connectivity index (χ3n) is 4.70. The Balaban J connectivity index is 3.21. The maximum absolute atomic E-state index is 12.4. The van der Waals surface area contributed by atoms with Gasteiger partial charge in [0.2, 0.25) is 0 Å². The van der Waals surface area contributed by atoms with Gasteiger partial charge in [-0.1, -0.05) is 27.7 Å². The fourth-order valence-corrected chi connectivity index (χ4v) is 2.52. The number of ether oxygens (including phenoxy) is 4. The molecule has 0 aliphatic carbocycles. The predicted molar refractivity (Wildman–Crippen MR) is 97.2 cm³/mol. The van der Waals surface area contributed by atoms with E-state index in [0.29, 0.717) is 12.8 Å². The summed E-state index contributed by atoms with van der Waals surface area (Å²) in [5.41, 5.74) is 0. The molecule has 1 aliphatic heterocycles. The molecule has 1 heterocycles. The molecule has 0 saturated carbocycles. The lowest BCUT2D eigenvalue weighted by molar-refractivity contribution is -0.297. The average Bonchev–Trinajstić information content (AvgIpc) is 2.70. The summed E-state index contributed by atoms with van der Waals surface area (Å²) in [6.45, 7) is 6.25. The minimum Gasteiger partial charge on any atom is -0.455 e. The fourth-order valence-electron chi connectivity index (χ4n) is 2.46. The third kappa shape index (κ3) is 6.30. The fraction of sp³-hybridized carbons (Fsp3) is 0.833. The van der Waals surface area contributed by atoms with Gasteiger partial charge in [-0.2, -0.15) is 0 Å². The van der Waals surface area contributed by atoms with Gasteiger partial charge in [-0.15, -0.1) is 11.6 Å². The van der Waals surface area contributed by atoms with Crippen molar-refractivity contribution in [3.63, 3.8) is 0 Å². The van der Waals surface area contributed by atoms with Crippen molar-refractivity contribution in [2.75, 3.05) is 12.5 Å². The van der Waals surface area contributed by atoms with Crippen molar-refractivity contribution < 1.29 is 43.5 Å². The molecule has 1 unspecified atom stereocenters. The number of aliphatic hydroxyl groups excluding tert-OH is 2. The van der Waals surface area contributed by atoms with E-state index in [1.807, 2.05) is 0 Å². The Morgan fingerprint density at radius 3 is 1.89 bits per heavy atom. The van der Waals surface area contributed by atoms with Crippen molar-refractivity contribution in [1.29, 1.82) is 0 Å². The van der Waals surface area contributed by atoms with Crippen LogP contribution in [-0.4, -0.2) is 71.3 Å². The first-order chi connectivity index (χ1) is 13.2. The van der Waals surface area contributed by atoms with Crippen LogP contribution in [0.2, 0.25) is 0 Å². The molecule has 162 valence electrons. The van der Waals surface area contributed by atoms with Gasteiger partial charge in [-0.25, -0.2) is 0 Å². The smallest absolute Gasteiger partial charge is 0.321 e. The van der Waals surface area contributed by atoms with E-state index < -0.39 is 72.9 Å². The van der Waals surface area contributed by atoms with Gasteiger partial charge in [0.25, 0.3) is 0 Å². The van der Waals surface area contributed by atoms with E-state index in [4.69, 9.17) is 30.5 Å². The van der Waals surface area contributed by atoms with Crippen LogP contribution in [0.15, 0.2) is 0 Å². The van der Waals surface area contributed by atoms with Crippen molar-refractivity contribution in [3.05, 3.63) is 0 Å². The Morgan fingerprint density at radius 1 is 0.964 bits per heavy atom. The minimum atomic E-state index is -1.71. The number of halogens is 1. The summed E-state index contributed by atoms with van der Waals surface area (Å²) in [5, 5.41) is 19.8. The van der Waals surface area contributed by atoms with Crippen LogP contribution >= 0.6 is 11.6 Å². The van der Waals surface area contributed by atoms with Crippen molar-refractivity contribution >= 4 is 29.5 Å². The molecular weight excluding hydrogens is 396 g/mol. The number of aliphatic hydroxyl groups is 2. The van der Waals surface area contributed by atoms with Gasteiger partial charge in [0.1, 0.15) is 12.0 Å². The maximum atomic E-state index is 12.4. The Morgan fingerprint density at radius 2 is 1.46 bits per heavy atom. The van der Waals surface area contributed by atoms with Gasteiger partial charge >= 0.3 is 17.9 Å². The van der Waals surface area contributed by atoms with Crippen molar-refractivity contribution in [2.45, 2.75) is 71.2 Å². The van der Waals surface area contributed by atoms with E-state index in [-0.39, 0.29) is 0 Å². The molecule has 0 aromatic carbocycles. The van der Waals surface area contributed by atoms with Crippen LogP contribution in [-0.2, 0) is 33.3 Å². The van der Waals surface area contributed by atoms with Gasteiger partial charge in [0.15, 0.2) is 24.6 Å². The molecule has 0 radical (unpaired) electrons. The van der Waals surface area contributed by atoms with Crippen molar-refractivity contribution in [1.82, 2.24) is 0 Å².